The molecule has 0 bridgehead atoms. The monoisotopic (exact) mass is 364 g/mol. The van der Waals surface area contributed by atoms with E-state index >= 15 is 0 Å². The van der Waals surface area contributed by atoms with Gasteiger partial charge in [0, 0.05) is 0 Å². The van der Waals surface area contributed by atoms with Gasteiger partial charge in [0.25, 0.3) is 5.91 Å². The Morgan fingerprint density at radius 2 is 1.81 bits per heavy atom. The molecule has 6 heteroatoms. The van der Waals surface area contributed by atoms with Gasteiger partial charge in [-0.1, -0.05) is 29.8 Å². The fraction of sp³-hybridized carbons (Fsp3) is 0.286. The number of ether oxygens (including phenoxy) is 1. The average Bonchev–Trinajstić information content (AvgIpc) is 3.15. The predicted octanol–water partition coefficient (Wildman–Crippen LogP) is 3.45. The van der Waals surface area contributed by atoms with Crippen LogP contribution >= 0.6 is 0 Å². The molecule has 0 fully saturated rings. The molecule has 1 atom stereocenters. The molecule has 6 nitrogen and oxygen atoms in total. The van der Waals surface area contributed by atoms with Gasteiger partial charge in [-0.15, -0.1) is 0 Å². The first-order chi connectivity index (χ1) is 12.9. The smallest absolute Gasteiger partial charge is 0.258 e. The quantitative estimate of drug-likeness (QED) is 0.727. The van der Waals surface area contributed by atoms with Gasteiger partial charge in [0.1, 0.15) is 18.4 Å². The predicted molar refractivity (Wildman–Crippen MR) is 104 cm³/mol. The van der Waals surface area contributed by atoms with Crippen LogP contribution in [-0.4, -0.2) is 27.3 Å². The summed E-state index contributed by atoms with van der Waals surface area (Å²) < 4.78 is 7.45. The van der Waals surface area contributed by atoms with E-state index in [4.69, 9.17) is 4.74 Å². The molecule has 3 aromatic rings. The lowest BCUT2D eigenvalue weighted by molar-refractivity contribution is -0.123. The van der Waals surface area contributed by atoms with Crippen molar-refractivity contribution in [3.05, 3.63) is 71.3 Å². The standard InChI is InChI=1S/C21H24N4O2/c1-14-9-15(2)21(16(3)10-14)27-11-20(26)24-17(4)18-5-7-19(8-6-18)25-13-22-12-23-25/h5-10,12-13,17H,11H2,1-4H3,(H,24,26)/t17-/m0/s1. The van der Waals surface area contributed by atoms with Crippen molar-refractivity contribution in [1.29, 1.82) is 0 Å². The normalized spacial score (nSPS) is 11.9. The molecule has 1 heterocycles. The lowest BCUT2D eigenvalue weighted by Crippen LogP contribution is -2.31. The molecule has 3 rings (SSSR count). The number of aryl methyl sites for hydroxylation is 3. The molecule has 0 aliphatic carbocycles. The molecular formula is C21H24N4O2. The van der Waals surface area contributed by atoms with Crippen molar-refractivity contribution in [2.75, 3.05) is 6.61 Å². The molecule has 0 spiro atoms. The van der Waals surface area contributed by atoms with E-state index < -0.39 is 0 Å². The van der Waals surface area contributed by atoms with Crippen LogP contribution in [0.25, 0.3) is 5.69 Å². The van der Waals surface area contributed by atoms with Crippen molar-refractivity contribution in [1.82, 2.24) is 20.1 Å². The number of amides is 1. The number of hydrogen-bond acceptors (Lipinski definition) is 4. The molecule has 0 aliphatic rings. The minimum absolute atomic E-state index is 0.00782. The number of nitrogens with one attached hydrogen (secondary N) is 1. The van der Waals surface area contributed by atoms with Crippen LogP contribution in [0.1, 0.15) is 35.2 Å². The van der Waals surface area contributed by atoms with Crippen molar-refractivity contribution in [3.8, 4) is 11.4 Å². The van der Waals surface area contributed by atoms with Gasteiger partial charge < -0.3 is 10.1 Å². The maximum absolute atomic E-state index is 12.3. The number of hydrogen-bond donors (Lipinski definition) is 1. The Morgan fingerprint density at radius 3 is 2.41 bits per heavy atom. The first-order valence-corrected chi connectivity index (χ1v) is 8.89. The Labute approximate surface area is 159 Å². The lowest BCUT2D eigenvalue weighted by Gasteiger charge is -2.17. The van der Waals surface area contributed by atoms with Crippen molar-refractivity contribution in [2.45, 2.75) is 33.7 Å². The number of carbonyl (C=O) groups excluding carboxylic acids is 1. The van der Waals surface area contributed by atoms with E-state index in [1.807, 2.05) is 52.0 Å². The van der Waals surface area contributed by atoms with E-state index in [1.165, 1.54) is 11.9 Å². The zero-order valence-corrected chi connectivity index (χ0v) is 16.1. The van der Waals surface area contributed by atoms with E-state index in [-0.39, 0.29) is 18.6 Å². The zero-order valence-electron chi connectivity index (χ0n) is 16.1. The summed E-state index contributed by atoms with van der Waals surface area (Å²) in [6.07, 6.45) is 3.14. The molecule has 0 aliphatic heterocycles. The first-order valence-electron chi connectivity index (χ1n) is 8.89. The molecule has 0 unspecified atom stereocenters. The molecule has 0 saturated carbocycles. The summed E-state index contributed by atoms with van der Waals surface area (Å²) in [5.74, 6) is 0.628. The van der Waals surface area contributed by atoms with Crippen LogP contribution in [-0.2, 0) is 4.79 Å². The highest BCUT2D eigenvalue weighted by molar-refractivity contribution is 5.78. The SMILES string of the molecule is Cc1cc(C)c(OCC(=O)N[C@@H](C)c2ccc(-n3cncn3)cc2)c(C)c1. The van der Waals surface area contributed by atoms with Crippen molar-refractivity contribution >= 4 is 5.91 Å². The molecule has 2 aromatic carbocycles. The van der Waals surface area contributed by atoms with Gasteiger partial charge in [-0.25, -0.2) is 9.67 Å². The number of rotatable bonds is 6. The van der Waals surface area contributed by atoms with E-state index in [0.717, 1.165) is 28.1 Å². The molecule has 1 aromatic heterocycles. The Hall–Kier alpha value is -3.15. The third-order valence-electron chi connectivity index (χ3n) is 4.41. The van der Waals surface area contributed by atoms with Crippen LogP contribution in [0.3, 0.4) is 0 Å². The molecule has 0 radical (unpaired) electrons. The highest BCUT2D eigenvalue weighted by Gasteiger charge is 2.12. The number of aromatic nitrogens is 3. The summed E-state index contributed by atoms with van der Waals surface area (Å²) in [7, 11) is 0. The first kappa shape index (κ1) is 18.6. The topological polar surface area (TPSA) is 69.0 Å². The van der Waals surface area contributed by atoms with E-state index in [9.17, 15) is 4.79 Å². The highest BCUT2D eigenvalue weighted by Crippen LogP contribution is 2.24. The maximum atomic E-state index is 12.3. The van der Waals surface area contributed by atoms with Crippen LogP contribution in [0.4, 0.5) is 0 Å². The summed E-state index contributed by atoms with van der Waals surface area (Å²) in [6.45, 7) is 7.97. The molecule has 140 valence electrons. The fourth-order valence-corrected chi connectivity index (χ4v) is 3.16. The Balaban J connectivity index is 1.58. The van der Waals surface area contributed by atoms with Gasteiger partial charge in [-0.2, -0.15) is 5.10 Å². The summed E-state index contributed by atoms with van der Waals surface area (Å²) >= 11 is 0. The summed E-state index contributed by atoms with van der Waals surface area (Å²) in [4.78, 5) is 16.2. The third kappa shape index (κ3) is 4.53. The largest absolute Gasteiger partial charge is 0.483 e. The minimum Gasteiger partial charge on any atom is -0.483 e. The van der Waals surface area contributed by atoms with Crippen LogP contribution in [0, 0.1) is 20.8 Å². The second-order valence-electron chi connectivity index (χ2n) is 6.74. The lowest BCUT2D eigenvalue weighted by atomic mass is 10.1. The van der Waals surface area contributed by atoms with E-state index in [2.05, 4.69) is 27.5 Å². The minimum atomic E-state index is -0.151. The molecule has 27 heavy (non-hydrogen) atoms. The zero-order chi connectivity index (χ0) is 19.4. The van der Waals surface area contributed by atoms with Crippen molar-refractivity contribution in [3.63, 3.8) is 0 Å². The average molecular weight is 364 g/mol. The Bertz CT molecular complexity index is 895. The van der Waals surface area contributed by atoms with Crippen LogP contribution in [0.5, 0.6) is 5.75 Å². The number of nitrogens with zero attached hydrogens (tertiary/aromatic N) is 3. The summed E-state index contributed by atoms with van der Waals surface area (Å²) in [5, 5.41) is 7.07. The number of benzene rings is 2. The van der Waals surface area contributed by atoms with Gasteiger partial charge in [0.05, 0.1) is 11.7 Å². The van der Waals surface area contributed by atoms with Crippen LogP contribution < -0.4 is 10.1 Å². The summed E-state index contributed by atoms with van der Waals surface area (Å²) in [6, 6.07) is 11.8. The van der Waals surface area contributed by atoms with Gasteiger partial charge in [0.2, 0.25) is 0 Å². The third-order valence-corrected chi connectivity index (χ3v) is 4.41. The highest BCUT2D eigenvalue weighted by atomic mass is 16.5. The van der Waals surface area contributed by atoms with Crippen LogP contribution in [0.15, 0.2) is 49.1 Å². The molecule has 1 amide bonds. The van der Waals surface area contributed by atoms with Crippen LogP contribution in [0.2, 0.25) is 0 Å². The van der Waals surface area contributed by atoms with Crippen molar-refractivity contribution in [2.24, 2.45) is 0 Å². The van der Waals surface area contributed by atoms with E-state index in [0.29, 0.717) is 0 Å². The Kier molecular flexibility index (Phi) is 5.54. The Morgan fingerprint density at radius 1 is 1.15 bits per heavy atom. The van der Waals surface area contributed by atoms with Gasteiger partial charge >= 0.3 is 0 Å². The van der Waals surface area contributed by atoms with Gasteiger partial charge in [0.15, 0.2) is 6.61 Å². The molecule has 0 saturated heterocycles. The van der Waals surface area contributed by atoms with Gasteiger partial charge in [-0.3, -0.25) is 4.79 Å². The molecule has 1 N–H and O–H groups in total. The second-order valence-corrected chi connectivity index (χ2v) is 6.74. The van der Waals surface area contributed by atoms with Crippen molar-refractivity contribution < 1.29 is 9.53 Å². The number of carbonyl (C=O) groups is 1. The van der Waals surface area contributed by atoms with Gasteiger partial charge in [-0.05, 0) is 56.5 Å². The maximum Gasteiger partial charge on any atom is 0.258 e. The molecular weight excluding hydrogens is 340 g/mol. The fourth-order valence-electron chi connectivity index (χ4n) is 3.16. The van der Waals surface area contributed by atoms with E-state index in [1.54, 1.807) is 11.0 Å². The summed E-state index contributed by atoms with van der Waals surface area (Å²) in [5.41, 5.74) is 5.19. The second kappa shape index (κ2) is 8.03.